The van der Waals surface area contributed by atoms with Gasteiger partial charge in [0.15, 0.2) is 0 Å². The number of carbonyl (C=O) groups excluding carboxylic acids is 4. The summed E-state index contributed by atoms with van der Waals surface area (Å²) in [4.78, 5) is 55.1. The summed E-state index contributed by atoms with van der Waals surface area (Å²) in [6, 6.07) is 15.3. The maximum absolute atomic E-state index is 13.1. The second kappa shape index (κ2) is 7.37. The zero-order valence-corrected chi connectivity index (χ0v) is 20.2. The van der Waals surface area contributed by atoms with Gasteiger partial charge in [-0.2, -0.15) is 0 Å². The molecule has 6 heteroatoms. The molecule has 8 atom stereocenters. The van der Waals surface area contributed by atoms with Gasteiger partial charge in [0.25, 0.3) is 0 Å². The van der Waals surface area contributed by atoms with E-state index in [4.69, 9.17) is 0 Å². The first kappa shape index (κ1) is 21.3. The largest absolute Gasteiger partial charge is 0.274 e. The lowest BCUT2D eigenvalue weighted by Crippen LogP contribution is -2.32. The van der Waals surface area contributed by atoms with Crippen molar-refractivity contribution in [2.24, 2.45) is 47.3 Å². The first-order chi connectivity index (χ1) is 18.0. The highest BCUT2D eigenvalue weighted by molar-refractivity contribution is 6.23. The second-order valence-corrected chi connectivity index (χ2v) is 11.5. The van der Waals surface area contributed by atoms with Crippen LogP contribution in [0.15, 0.2) is 72.8 Å². The highest BCUT2D eigenvalue weighted by Crippen LogP contribution is 2.54. The standard InChI is InChI=1S/C31H26N2O4/c34-28-24-18-5-6-19(14-18)25(24)29(35)32(28)22-9-1-16(2-10-22)13-17-3-11-23(12-4-17)33-30(36)26-20-7-8-21(15-20)27(26)31(33)37/h1-12,18-21,24-27H,13-15H2/t18?,19?,20?,21?,24-,25?,26?,27?/m0/s1. The van der Waals surface area contributed by atoms with Crippen molar-refractivity contribution in [3.05, 3.63) is 84.0 Å². The van der Waals surface area contributed by atoms with Crippen molar-refractivity contribution in [2.45, 2.75) is 19.3 Å². The number of hydrogen-bond acceptors (Lipinski definition) is 4. The van der Waals surface area contributed by atoms with E-state index in [0.717, 1.165) is 24.0 Å². The van der Waals surface area contributed by atoms with Crippen LogP contribution in [-0.2, 0) is 25.6 Å². The number of rotatable bonds is 4. The summed E-state index contributed by atoms with van der Waals surface area (Å²) in [7, 11) is 0. The summed E-state index contributed by atoms with van der Waals surface area (Å²) >= 11 is 0. The van der Waals surface area contributed by atoms with Gasteiger partial charge in [0.1, 0.15) is 0 Å². The molecule has 2 aliphatic heterocycles. The summed E-state index contributed by atoms with van der Waals surface area (Å²) in [5.41, 5.74) is 3.40. The average molecular weight is 491 g/mol. The molecule has 2 aromatic rings. The van der Waals surface area contributed by atoms with Crippen LogP contribution in [0.25, 0.3) is 0 Å². The molecule has 0 spiro atoms. The molecule has 6 aliphatic rings. The lowest BCUT2D eigenvalue weighted by Gasteiger charge is -2.18. The van der Waals surface area contributed by atoms with E-state index in [-0.39, 0.29) is 71.0 Å². The number of imide groups is 2. The zero-order valence-electron chi connectivity index (χ0n) is 20.2. The van der Waals surface area contributed by atoms with E-state index in [9.17, 15) is 19.2 Å². The molecule has 0 radical (unpaired) electrons. The molecule has 0 N–H and O–H groups in total. The molecular weight excluding hydrogens is 464 g/mol. The van der Waals surface area contributed by atoms with E-state index in [1.54, 1.807) is 0 Å². The molecule has 2 aromatic carbocycles. The number of amides is 4. The van der Waals surface area contributed by atoms with Crippen LogP contribution in [0, 0.1) is 47.3 Å². The van der Waals surface area contributed by atoms with Crippen LogP contribution < -0.4 is 9.80 Å². The SMILES string of the molecule is O=C1C2C3C=CC(C3)C2C(=O)N1c1ccc(Cc2ccc(N3C(=O)C4C5C=CC(C5)[C@@H]4C3=O)cc2)cc1. The molecule has 8 rings (SSSR count). The van der Waals surface area contributed by atoms with Crippen molar-refractivity contribution in [1.82, 2.24) is 0 Å². The summed E-state index contributed by atoms with van der Waals surface area (Å²) < 4.78 is 0. The predicted octanol–water partition coefficient (Wildman–Crippen LogP) is 3.90. The minimum Gasteiger partial charge on any atom is -0.274 e. The Bertz CT molecular complexity index is 1270. The summed E-state index contributed by atoms with van der Waals surface area (Å²) in [6.07, 6.45) is 11.0. The van der Waals surface area contributed by atoms with Crippen LogP contribution in [0.1, 0.15) is 24.0 Å². The number of benzene rings is 2. The molecular formula is C31H26N2O4. The van der Waals surface area contributed by atoms with Crippen LogP contribution >= 0.6 is 0 Å². The van der Waals surface area contributed by atoms with E-state index >= 15 is 0 Å². The number of carbonyl (C=O) groups is 4. The average Bonchev–Trinajstić information content (AvgIpc) is 3.74. The molecule has 7 unspecified atom stereocenters. The van der Waals surface area contributed by atoms with Crippen LogP contribution in [0.4, 0.5) is 11.4 Å². The third kappa shape index (κ3) is 2.81. The van der Waals surface area contributed by atoms with E-state index in [1.807, 2.05) is 48.5 Å². The Hall–Kier alpha value is -3.80. The van der Waals surface area contributed by atoms with Crippen LogP contribution in [0.5, 0.6) is 0 Å². The fraction of sp³-hybridized carbons (Fsp3) is 0.355. The molecule has 4 aliphatic carbocycles. The van der Waals surface area contributed by atoms with Gasteiger partial charge < -0.3 is 0 Å². The smallest absolute Gasteiger partial charge is 0.238 e. The molecule has 2 heterocycles. The van der Waals surface area contributed by atoms with Crippen molar-refractivity contribution < 1.29 is 19.2 Å². The molecule has 4 bridgehead atoms. The molecule has 2 saturated heterocycles. The number of hydrogen-bond donors (Lipinski definition) is 0. The van der Waals surface area contributed by atoms with Crippen molar-refractivity contribution in [2.75, 3.05) is 9.80 Å². The Morgan fingerprint density at radius 3 is 1.08 bits per heavy atom. The quantitative estimate of drug-likeness (QED) is 0.481. The van der Waals surface area contributed by atoms with E-state index in [1.165, 1.54) is 9.80 Å². The molecule has 6 nitrogen and oxygen atoms in total. The van der Waals surface area contributed by atoms with Gasteiger partial charge in [-0.25, -0.2) is 0 Å². The van der Waals surface area contributed by atoms with Crippen molar-refractivity contribution >= 4 is 35.0 Å². The number of fused-ring (bicyclic) bond motifs is 10. The zero-order chi connectivity index (χ0) is 25.0. The monoisotopic (exact) mass is 490 g/mol. The fourth-order valence-corrected chi connectivity index (χ4v) is 8.08. The van der Waals surface area contributed by atoms with E-state index in [0.29, 0.717) is 17.8 Å². The van der Waals surface area contributed by atoms with Gasteiger partial charge in [0.05, 0.1) is 35.0 Å². The third-order valence-corrected chi connectivity index (χ3v) is 9.74. The Balaban J connectivity index is 0.973. The summed E-state index contributed by atoms with van der Waals surface area (Å²) in [5, 5.41) is 0. The van der Waals surface area contributed by atoms with Crippen LogP contribution in [-0.4, -0.2) is 23.6 Å². The molecule has 184 valence electrons. The van der Waals surface area contributed by atoms with Gasteiger partial charge in [0.2, 0.25) is 23.6 Å². The van der Waals surface area contributed by atoms with Crippen molar-refractivity contribution in [1.29, 1.82) is 0 Å². The Kier molecular flexibility index (Phi) is 4.24. The highest BCUT2D eigenvalue weighted by atomic mass is 16.2. The lowest BCUT2D eigenvalue weighted by atomic mass is 9.85. The van der Waals surface area contributed by atoms with Gasteiger partial charge in [0, 0.05) is 0 Å². The van der Waals surface area contributed by atoms with Gasteiger partial charge in [-0.15, -0.1) is 0 Å². The second-order valence-electron chi connectivity index (χ2n) is 11.5. The van der Waals surface area contributed by atoms with Crippen LogP contribution in [0.3, 0.4) is 0 Å². The van der Waals surface area contributed by atoms with Gasteiger partial charge in [-0.05, 0) is 78.3 Å². The minimum atomic E-state index is -0.193. The first-order valence-corrected chi connectivity index (χ1v) is 13.3. The number of anilines is 2. The topological polar surface area (TPSA) is 74.8 Å². The fourth-order valence-electron chi connectivity index (χ4n) is 8.08. The van der Waals surface area contributed by atoms with Crippen LogP contribution in [0.2, 0.25) is 0 Å². The number of allylic oxidation sites excluding steroid dienone is 4. The van der Waals surface area contributed by atoms with E-state index < -0.39 is 0 Å². The maximum atomic E-state index is 13.1. The Labute approximate surface area is 214 Å². The normalized spacial score (nSPS) is 36.4. The Morgan fingerprint density at radius 1 is 0.486 bits per heavy atom. The summed E-state index contributed by atoms with van der Waals surface area (Å²) in [6.45, 7) is 0. The van der Waals surface area contributed by atoms with Gasteiger partial charge >= 0.3 is 0 Å². The first-order valence-electron chi connectivity index (χ1n) is 13.3. The summed E-state index contributed by atoms with van der Waals surface area (Å²) in [5.74, 6) is -0.198. The van der Waals surface area contributed by atoms with Gasteiger partial charge in [-0.3, -0.25) is 29.0 Å². The molecule has 0 aromatic heterocycles. The maximum Gasteiger partial charge on any atom is 0.238 e. The van der Waals surface area contributed by atoms with E-state index in [2.05, 4.69) is 24.3 Å². The molecule has 4 amide bonds. The van der Waals surface area contributed by atoms with Crippen molar-refractivity contribution in [3.63, 3.8) is 0 Å². The van der Waals surface area contributed by atoms with Crippen molar-refractivity contribution in [3.8, 4) is 0 Å². The number of nitrogens with zero attached hydrogens (tertiary/aromatic N) is 2. The minimum absolute atomic E-state index is 0.0610. The molecule has 37 heavy (non-hydrogen) atoms. The molecule has 2 saturated carbocycles. The lowest BCUT2D eigenvalue weighted by molar-refractivity contribution is -0.124. The Morgan fingerprint density at radius 2 is 0.784 bits per heavy atom. The highest BCUT2D eigenvalue weighted by Gasteiger charge is 2.60. The third-order valence-electron chi connectivity index (χ3n) is 9.74. The van der Waals surface area contributed by atoms with Gasteiger partial charge in [-0.1, -0.05) is 48.6 Å². The predicted molar refractivity (Wildman–Crippen MR) is 136 cm³/mol. The molecule has 4 fully saturated rings.